The number of amides is 2. The van der Waals surface area contributed by atoms with Gasteiger partial charge in [-0.25, -0.2) is 4.39 Å². The molecule has 148 valence electrons. The second-order valence-corrected chi connectivity index (χ2v) is 7.79. The molecule has 3 rings (SSSR count). The van der Waals surface area contributed by atoms with E-state index in [-0.39, 0.29) is 35.5 Å². The third-order valence-corrected chi connectivity index (χ3v) is 5.68. The summed E-state index contributed by atoms with van der Waals surface area (Å²) in [6.45, 7) is 7.10. The van der Waals surface area contributed by atoms with Gasteiger partial charge in [-0.3, -0.25) is 9.59 Å². The minimum absolute atomic E-state index is 0.0119. The van der Waals surface area contributed by atoms with Crippen LogP contribution in [0, 0.1) is 11.7 Å². The summed E-state index contributed by atoms with van der Waals surface area (Å²) in [5.74, 6) is 0.0470. The van der Waals surface area contributed by atoms with Gasteiger partial charge in [0.15, 0.2) is 0 Å². The predicted octanol–water partition coefficient (Wildman–Crippen LogP) is 2.81. The molecule has 27 heavy (non-hydrogen) atoms. The van der Waals surface area contributed by atoms with E-state index in [2.05, 4.69) is 13.8 Å². The molecule has 0 saturated carbocycles. The largest absolute Gasteiger partial charge is 0.378 e. The van der Waals surface area contributed by atoms with E-state index < -0.39 is 0 Å². The fraction of sp³-hybridized carbons (Fsp3) is 0.619. The first kappa shape index (κ1) is 19.8. The maximum absolute atomic E-state index is 13.3. The van der Waals surface area contributed by atoms with Crippen molar-refractivity contribution < 1.29 is 18.7 Å². The van der Waals surface area contributed by atoms with Gasteiger partial charge < -0.3 is 14.5 Å². The average Bonchev–Trinajstić information content (AvgIpc) is 3.16. The molecular formula is C21H29FN2O3. The smallest absolute Gasteiger partial charge is 0.245 e. The molecule has 5 nitrogen and oxygen atoms in total. The zero-order valence-corrected chi connectivity index (χ0v) is 16.2. The highest BCUT2D eigenvalue weighted by Crippen LogP contribution is 2.31. The van der Waals surface area contributed by atoms with Crippen molar-refractivity contribution >= 4 is 11.8 Å². The molecule has 2 aliphatic heterocycles. The molecule has 6 heteroatoms. The summed E-state index contributed by atoms with van der Waals surface area (Å²) >= 11 is 0. The van der Waals surface area contributed by atoms with Gasteiger partial charge in [-0.2, -0.15) is 0 Å². The number of halogens is 1. The molecule has 2 heterocycles. The maximum Gasteiger partial charge on any atom is 0.245 e. The Morgan fingerprint density at radius 1 is 1.15 bits per heavy atom. The number of hydrogen-bond acceptors (Lipinski definition) is 3. The number of benzene rings is 1. The average molecular weight is 376 g/mol. The van der Waals surface area contributed by atoms with Gasteiger partial charge in [0.2, 0.25) is 11.8 Å². The standard InChI is InChI=1S/C21H29FN2O3/c1-15(2)18(16-5-7-17(22)8-6-16)14-20(25)24-9-3-4-19(24)21(26)23-10-12-27-13-11-23/h5-8,15,18-19H,3-4,9-14H2,1-2H3/t18?,19-/m1/s1. The number of carbonyl (C=O) groups excluding carboxylic acids is 2. The van der Waals surface area contributed by atoms with E-state index >= 15 is 0 Å². The number of likely N-dealkylation sites (tertiary alicyclic amines) is 1. The quantitative estimate of drug-likeness (QED) is 0.794. The number of rotatable bonds is 5. The van der Waals surface area contributed by atoms with Crippen LogP contribution in [0.4, 0.5) is 4.39 Å². The SMILES string of the molecule is CC(C)C(CC(=O)N1CCC[C@@H]1C(=O)N1CCOCC1)c1ccc(F)cc1. The molecule has 0 radical (unpaired) electrons. The van der Waals surface area contributed by atoms with Gasteiger partial charge in [-0.05, 0) is 42.4 Å². The van der Waals surface area contributed by atoms with Crippen molar-refractivity contribution in [1.82, 2.24) is 9.80 Å². The lowest BCUT2D eigenvalue weighted by atomic mass is 9.85. The van der Waals surface area contributed by atoms with Crippen LogP contribution in [0.1, 0.15) is 44.6 Å². The van der Waals surface area contributed by atoms with Gasteiger partial charge in [0.25, 0.3) is 0 Å². The van der Waals surface area contributed by atoms with E-state index in [0.717, 1.165) is 18.4 Å². The van der Waals surface area contributed by atoms with E-state index in [1.54, 1.807) is 17.0 Å². The Labute approximate surface area is 160 Å². The topological polar surface area (TPSA) is 49.9 Å². The molecule has 0 N–H and O–H groups in total. The van der Waals surface area contributed by atoms with Crippen molar-refractivity contribution in [2.45, 2.75) is 45.1 Å². The molecule has 2 atom stereocenters. The molecule has 2 fully saturated rings. The Balaban J connectivity index is 1.69. The molecule has 0 spiro atoms. The normalized spacial score (nSPS) is 21.6. The summed E-state index contributed by atoms with van der Waals surface area (Å²) in [4.78, 5) is 29.5. The van der Waals surface area contributed by atoms with Crippen molar-refractivity contribution in [3.05, 3.63) is 35.6 Å². The van der Waals surface area contributed by atoms with Gasteiger partial charge in [0.05, 0.1) is 13.2 Å². The highest BCUT2D eigenvalue weighted by Gasteiger charge is 2.37. The van der Waals surface area contributed by atoms with Gasteiger partial charge in [-0.1, -0.05) is 26.0 Å². The molecule has 0 aromatic heterocycles. The first-order chi connectivity index (χ1) is 13.0. The number of morpholine rings is 1. The first-order valence-electron chi connectivity index (χ1n) is 9.89. The lowest BCUT2D eigenvalue weighted by Crippen LogP contribution is -2.51. The van der Waals surface area contributed by atoms with Gasteiger partial charge >= 0.3 is 0 Å². The van der Waals surface area contributed by atoms with E-state index in [4.69, 9.17) is 4.74 Å². The van der Waals surface area contributed by atoms with Crippen LogP contribution in [0.25, 0.3) is 0 Å². The summed E-state index contributed by atoms with van der Waals surface area (Å²) in [7, 11) is 0. The highest BCUT2D eigenvalue weighted by molar-refractivity contribution is 5.88. The van der Waals surface area contributed by atoms with E-state index in [1.165, 1.54) is 12.1 Å². The van der Waals surface area contributed by atoms with E-state index in [1.807, 2.05) is 4.90 Å². The van der Waals surface area contributed by atoms with Crippen molar-refractivity contribution in [2.24, 2.45) is 5.92 Å². The van der Waals surface area contributed by atoms with E-state index in [9.17, 15) is 14.0 Å². The third kappa shape index (κ3) is 4.67. The molecule has 2 amide bonds. The number of ether oxygens (including phenoxy) is 1. The third-order valence-electron chi connectivity index (χ3n) is 5.68. The van der Waals surface area contributed by atoms with Crippen molar-refractivity contribution in [3.63, 3.8) is 0 Å². The Kier molecular flexibility index (Phi) is 6.47. The van der Waals surface area contributed by atoms with Gasteiger partial charge in [0, 0.05) is 26.1 Å². The highest BCUT2D eigenvalue weighted by atomic mass is 19.1. The molecular weight excluding hydrogens is 347 g/mol. The Morgan fingerprint density at radius 3 is 2.44 bits per heavy atom. The summed E-state index contributed by atoms with van der Waals surface area (Å²) in [6, 6.07) is 6.05. The second-order valence-electron chi connectivity index (χ2n) is 7.79. The van der Waals surface area contributed by atoms with Crippen molar-refractivity contribution in [1.29, 1.82) is 0 Å². The van der Waals surface area contributed by atoms with Gasteiger partial charge in [-0.15, -0.1) is 0 Å². The van der Waals surface area contributed by atoms with Crippen LogP contribution in [0.5, 0.6) is 0 Å². The summed E-state index contributed by atoms with van der Waals surface area (Å²) in [5, 5.41) is 0. The fourth-order valence-corrected chi connectivity index (χ4v) is 4.07. The first-order valence-corrected chi connectivity index (χ1v) is 9.89. The minimum Gasteiger partial charge on any atom is -0.378 e. The Hall–Kier alpha value is -1.95. The molecule has 0 bridgehead atoms. The van der Waals surface area contributed by atoms with Crippen LogP contribution >= 0.6 is 0 Å². The van der Waals surface area contributed by atoms with Crippen LogP contribution in [-0.2, 0) is 14.3 Å². The molecule has 2 aliphatic rings. The molecule has 0 aliphatic carbocycles. The monoisotopic (exact) mass is 376 g/mol. The zero-order chi connectivity index (χ0) is 19.4. The predicted molar refractivity (Wildman–Crippen MR) is 101 cm³/mol. The fourth-order valence-electron chi connectivity index (χ4n) is 4.07. The maximum atomic E-state index is 13.3. The Bertz CT molecular complexity index is 656. The number of hydrogen-bond donors (Lipinski definition) is 0. The molecule has 1 aromatic carbocycles. The minimum atomic E-state index is -0.350. The van der Waals surface area contributed by atoms with Crippen LogP contribution in [-0.4, -0.2) is 60.5 Å². The Morgan fingerprint density at radius 2 is 1.81 bits per heavy atom. The second kappa shape index (κ2) is 8.83. The molecule has 2 saturated heterocycles. The summed E-state index contributed by atoms with van der Waals surface area (Å²) in [5.41, 5.74) is 0.968. The van der Waals surface area contributed by atoms with Crippen LogP contribution in [0.15, 0.2) is 24.3 Å². The summed E-state index contributed by atoms with van der Waals surface area (Å²) < 4.78 is 18.6. The van der Waals surface area contributed by atoms with Crippen molar-refractivity contribution in [3.8, 4) is 0 Å². The molecule has 1 aromatic rings. The lowest BCUT2D eigenvalue weighted by molar-refractivity contribution is -0.146. The van der Waals surface area contributed by atoms with Crippen molar-refractivity contribution in [2.75, 3.05) is 32.8 Å². The lowest BCUT2D eigenvalue weighted by Gasteiger charge is -2.33. The van der Waals surface area contributed by atoms with Crippen LogP contribution < -0.4 is 0 Å². The van der Waals surface area contributed by atoms with Gasteiger partial charge in [0.1, 0.15) is 11.9 Å². The number of nitrogens with zero attached hydrogens (tertiary/aromatic N) is 2. The zero-order valence-electron chi connectivity index (χ0n) is 16.2. The summed E-state index contributed by atoms with van der Waals surface area (Å²) in [6.07, 6.45) is 1.93. The number of carbonyl (C=O) groups is 2. The van der Waals surface area contributed by atoms with Crippen LogP contribution in [0.2, 0.25) is 0 Å². The van der Waals surface area contributed by atoms with E-state index in [0.29, 0.717) is 39.3 Å². The molecule has 1 unspecified atom stereocenters. The van der Waals surface area contributed by atoms with Crippen LogP contribution in [0.3, 0.4) is 0 Å².